The molecular weight excluding hydrogens is 280 g/mol. The van der Waals surface area contributed by atoms with Crippen molar-refractivity contribution in [3.63, 3.8) is 0 Å². The summed E-state index contributed by atoms with van der Waals surface area (Å²) in [5.74, 6) is 1.40. The van der Waals surface area contributed by atoms with Crippen molar-refractivity contribution in [2.45, 2.75) is 39.4 Å². The van der Waals surface area contributed by atoms with E-state index in [2.05, 4.69) is 56.7 Å². The molecule has 0 aromatic carbocycles. The van der Waals surface area contributed by atoms with Crippen molar-refractivity contribution >= 4 is 0 Å². The summed E-state index contributed by atoms with van der Waals surface area (Å²) >= 11 is 0. The Morgan fingerprint density at radius 3 is 2.86 bits per heavy atom. The van der Waals surface area contributed by atoms with E-state index < -0.39 is 0 Å². The highest BCUT2D eigenvalue weighted by atomic mass is 16.5. The minimum Gasteiger partial charge on any atom is -0.338 e. The Hall–Kier alpha value is -1.73. The summed E-state index contributed by atoms with van der Waals surface area (Å²) in [5, 5.41) is 8.33. The molecule has 22 heavy (non-hydrogen) atoms. The molecule has 3 rings (SSSR count). The van der Waals surface area contributed by atoms with Crippen molar-refractivity contribution < 1.29 is 4.52 Å². The van der Waals surface area contributed by atoms with Crippen LogP contribution in [0.25, 0.3) is 0 Å². The molecule has 1 fully saturated rings. The van der Waals surface area contributed by atoms with Crippen LogP contribution in [0.1, 0.15) is 43.3 Å². The fourth-order valence-electron chi connectivity index (χ4n) is 2.95. The fourth-order valence-corrected chi connectivity index (χ4v) is 2.95. The topological polar surface area (TPSA) is 63.2 Å². The Balaban J connectivity index is 1.72. The zero-order chi connectivity index (χ0) is 15.7. The van der Waals surface area contributed by atoms with E-state index in [1.165, 1.54) is 5.69 Å². The third-order valence-corrected chi connectivity index (χ3v) is 4.19. The third kappa shape index (κ3) is 3.05. The standard InChI is InChI=1S/C15H24N6O/c1-11(2)21-13(5-6-16-21)9-20-8-7-19(4)14(10-20)15-17-12(3)18-22-15/h5-6,11,14H,7-10H2,1-4H3/t14-/m0/s1. The molecule has 0 unspecified atom stereocenters. The summed E-state index contributed by atoms with van der Waals surface area (Å²) in [7, 11) is 2.11. The number of likely N-dealkylation sites (N-methyl/N-ethyl adjacent to an activating group) is 1. The lowest BCUT2D eigenvalue weighted by Crippen LogP contribution is -2.46. The molecule has 120 valence electrons. The van der Waals surface area contributed by atoms with Crippen molar-refractivity contribution in [2.75, 3.05) is 26.7 Å². The van der Waals surface area contributed by atoms with E-state index in [1.807, 2.05) is 13.1 Å². The van der Waals surface area contributed by atoms with Gasteiger partial charge in [-0.15, -0.1) is 0 Å². The molecule has 0 saturated carbocycles. The van der Waals surface area contributed by atoms with Gasteiger partial charge in [0.2, 0.25) is 5.89 Å². The van der Waals surface area contributed by atoms with E-state index in [4.69, 9.17) is 4.52 Å². The third-order valence-electron chi connectivity index (χ3n) is 4.19. The second-order valence-corrected chi connectivity index (χ2v) is 6.27. The van der Waals surface area contributed by atoms with Crippen LogP contribution in [0.2, 0.25) is 0 Å². The van der Waals surface area contributed by atoms with E-state index in [0.717, 1.165) is 26.2 Å². The van der Waals surface area contributed by atoms with E-state index in [-0.39, 0.29) is 6.04 Å². The van der Waals surface area contributed by atoms with Gasteiger partial charge in [-0.3, -0.25) is 14.5 Å². The molecule has 1 aliphatic rings. The average molecular weight is 304 g/mol. The lowest BCUT2D eigenvalue weighted by molar-refractivity contribution is 0.0696. The average Bonchev–Trinajstić information content (AvgIpc) is 3.10. The molecule has 7 nitrogen and oxygen atoms in total. The van der Waals surface area contributed by atoms with Crippen molar-refractivity contribution in [1.29, 1.82) is 0 Å². The van der Waals surface area contributed by atoms with Crippen LogP contribution in [0.15, 0.2) is 16.8 Å². The van der Waals surface area contributed by atoms with Crippen LogP contribution in [-0.4, -0.2) is 56.4 Å². The van der Waals surface area contributed by atoms with Crippen LogP contribution < -0.4 is 0 Å². The predicted molar refractivity (Wildman–Crippen MR) is 82.3 cm³/mol. The summed E-state index contributed by atoms with van der Waals surface area (Å²) in [6.07, 6.45) is 1.88. The first-order valence-electron chi connectivity index (χ1n) is 7.80. The molecule has 1 aliphatic heterocycles. The van der Waals surface area contributed by atoms with Gasteiger partial charge in [-0.25, -0.2) is 0 Å². The minimum absolute atomic E-state index is 0.158. The Morgan fingerprint density at radius 2 is 2.18 bits per heavy atom. The van der Waals surface area contributed by atoms with Gasteiger partial charge in [-0.05, 0) is 33.9 Å². The van der Waals surface area contributed by atoms with Crippen molar-refractivity contribution in [3.8, 4) is 0 Å². The Morgan fingerprint density at radius 1 is 1.36 bits per heavy atom. The molecule has 2 aromatic rings. The van der Waals surface area contributed by atoms with Crippen molar-refractivity contribution in [2.24, 2.45) is 0 Å². The summed E-state index contributed by atoms with van der Waals surface area (Å²) in [4.78, 5) is 9.11. The number of aromatic nitrogens is 4. The van der Waals surface area contributed by atoms with Gasteiger partial charge in [0.15, 0.2) is 5.82 Å². The summed E-state index contributed by atoms with van der Waals surface area (Å²) in [5.41, 5.74) is 1.25. The molecule has 7 heteroatoms. The number of hydrogen-bond donors (Lipinski definition) is 0. The molecule has 0 radical (unpaired) electrons. The molecule has 2 aromatic heterocycles. The quantitative estimate of drug-likeness (QED) is 0.856. The van der Waals surface area contributed by atoms with Gasteiger partial charge in [0.1, 0.15) is 6.04 Å². The van der Waals surface area contributed by atoms with Gasteiger partial charge in [-0.1, -0.05) is 5.16 Å². The van der Waals surface area contributed by atoms with Crippen LogP contribution in [-0.2, 0) is 6.54 Å². The highest BCUT2D eigenvalue weighted by Gasteiger charge is 2.30. The fraction of sp³-hybridized carbons (Fsp3) is 0.667. The normalized spacial score (nSPS) is 20.9. The van der Waals surface area contributed by atoms with Crippen molar-refractivity contribution in [1.82, 2.24) is 29.7 Å². The molecule has 0 aliphatic carbocycles. The lowest BCUT2D eigenvalue weighted by atomic mass is 10.1. The van der Waals surface area contributed by atoms with Gasteiger partial charge in [-0.2, -0.15) is 10.1 Å². The maximum absolute atomic E-state index is 5.37. The first-order chi connectivity index (χ1) is 10.5. The SMILES string of the molecule is Cc1noc([C@@H]2CN(Cc3ccnn3C(C)C)CCN2C)n1. The molecule has 0 amide bonds. The van der Waals surface area contributed by atoms with Gasteiger partial charge < -0.3 is 4.52 Å². The second-order valence-electron chi connectivity index (χ2n) is 6.27. The van der Waals surface area contributed by atoms with Gasteiger partial charge in [0.05, 0.1) is 5.69 Å². The molecule has 0 spiro atoms. The van der Waals surface area contributed by atoms with E-state index in [0.29, 0.717) is 17.8 Å². The number of piperazine rings is 1. The van der Waals surface area contributed by atoms with Crippen LogP contribution >= 0.6 is 0 Å². The molecule has 0 N–H and O–H groups in total. The monoisotopic (exact) mass is 304 g/mol. The molecule has 3 heterocycles. The lowest BCUT2D eigenvalue weighted by Gasteiger charge is -2.37. The Kier molecular flexibility index (Phi) is 4.26. The molecule has 1 saturated heterocycles. The maximum Gasteiger partial charge on any atom is 0.245 e. The number of rotatable bonds is 4. The zero-order valence-corrected chi connectivity index (χ0v) is 13.7. The number of aryl methyl sites for hydroxylation is 1. The number of hydrogen-bond acceptors (Lipinski definition) is 6. The van der Waals surface area contributed by atoms with E-state index in [9.17, 15) is 0 Å². The molecule has 1 atom stereocenters. The van der Waals surface area contributed by atoms with Gasteiger partial charge >= 0.3 is 0 Å². The first-order valence-corrected chi connectivity index (χ1v) is 7.80. The van der Waals surface area contributed by atoms with Gasteiger partial charge in [0, 0.05) is 38.4 Å². The van der Waals surface area contributed by atoms with Crippen LogP contribution in [0, 0.1) is 6.92 Å². The van der Waals surface area contributed by atoms with Crippen LogP contribution in [0.4, 0.5) is 0 Å². The van der Waals surface area contributed by atoms with E-state index in [1.54, 1.807) is 0 Å². The Labute approximate surface area is 130 Å². The van der Waals surface area contributed by atoms with Gasteiger partial charge in [0.25, 0.3) is 0 Å². The smallest absolute Gasteiger partial charge is 0.245 e. The summed E-state index contributed by atoms with van der Waals surface area (Å²) in [6.45, 7) is 9.98. The zero-order valence-electron chi connectivity index (χ0n) is 13.7. The molecule has 0 bridgehead atoms. The summed E-state index contributed by atoms with van der Waals surface area (Å²) in [6, 6.07) is 2.64. The maximum atomic E-state index is 5.37. The minimum atomic E-state index is 0.158. The Bertz CT molecular complexity index is 619. The number of nitrogens with zero attached hydrogens (tertiary/aromatic N) is 6. The highest BCUT2D eigenvalue weighted by Crippen LogP contribution is 2.24. The van der Waals surface area contributed by atoms with Crippen LogP contribution in [0.5, 0.6) is 0 Å². The predicted octanol–water partition coefficient (Wildman–Crippen LogP) is 1.64. The second kappa shape index (κ2) is 6.18. The largest absolute Gasteiger partial charge is 0.338 e. The first kappa shape index (κ1) is 15.2. The van der Waals surface area contributed by atoms with E-state index >= 15 is 0 Å². The highest BCUT2D eigenvalue weighted by molar-refractivity contribution is 5.03. The van der Waals surface area contributed by atoms with Crippen LogP contribution in [0.3, 0.4) is 0 Å². The van der Waals surface area contributed by atoms with Crippen molar-refractivity contribution in [3.05, 3.63) is 29.7 Å². The molecular formula is C15H24N6O. The summed E-state index contributed by atoms with van der Waals surface area (Å²) < 4.78 is 7.46.